The van der Waals surface area contributed by atoms with Crippen molar-refractivity contribution in [1.29, 1.82) is 5.26 Å². The first-order chi connectivity index (χ1) is 19.4. The van der Waals surface area contributed by atoms with Crippen LogP contribution in [-0.2, 0) is 0 Å². The maximum atomic E-state index is 13.3. The van der Waals surface area contributed by atoms with Gasteiger partial charge in [-0.05, 0) is 52.0 Å². The van der Waals surface area contributed by atoms with Crippen LogP contribution < -0.4 is 10.6 Å². The maximum absolute atomic E-state index is 13.3. The average molecular weight is 552 g/mol. The van der Waals surface area contributed by atoms with Crippen LogP contribution in [0, 0.1) is 24.2 Å². The molecule has 2 N–H and O–H groups in total. The molecule has 0 radical (unpaired) electrons. The van der Waals surface area contributed by atoms with E-state index in [4.69, 9.17) is 0 Å². The van der Waals surface area contributed by atoms with Gasteiger partial charge in [0.15, 0.2) is 16.7 Å². The number of anilines is 3. The van der Waals surface area contributed by atoms with E-state index < -0.39 is 0 Å². The second-order valence-corrected chi connectivity index (χ2v) is 10.8. The van der Waals surface area contributed by atoms with E-state index in [-0.39, 0.29) is 17.5 Å². The van der Waals surface area contributed by atoms with Gasteiger partial charge in [-0.3, -0.25) is 9.59 Å². The average Bonchev–Trinajstić information content (AvgIpc) is 3.37. The highest BCUT2D eigenvalue weighted by Gasteiger charge is 2.24. The van der Waals surface area contributed by atoms with Crippen LogP contribution in [0.3, 0.4) is 0 Å². The van der Waals surface area contributed by atoms with Gasteiger partial charge in [0, 0.05) is 35.3 Å². The van der Waals surface area contributed by atoms with Crippen LogP contribution in [0.2, 0.25) is 0 Å². The van der Waals surface area contributed by atoms with Gasteiger partial charge in [0.2, 0.25) is 5.95 Å². The lowest BCUT2D eigenvalue weighted by Gasteiger charge is -2.28. The predicted molar refractivity (Wildman–Crippen MR) is 156 cm³/mol. The molecule has 2 aromatic carbocycles. The lowest BCUT2D eigenvalue weighted by molar-refractivity contribution is 0.0856. The molecule has 40 heavy (non-hydrogen) atoms. The van der Waals surface area contributed by atoms with Crippen molar-refractivity contribution in [3.05, 3.63) is 82.7 Å². The summed E-state index contributed by atoms with van der Waals surface area (Å²) in [6.07, 6.45) is 3.20. The quantitative estimate of drug-likeness (QED) is 0.280. The van der Waals surface area contributed by atoms with Crippen LogP contribution in [0.15, 0.2) is 54.7 Å². The molecule has 5 rings (SSSR count). The third kappa shape index (κ3) is 5.76. The molecule has 1 aliphatic rings. The smallest absolute Gasteiger partial charge is 0.227 e. The van der Waals surface area contributed by atoms with Crippen LogP contribution >= 0.6 is 11.3 Å². The van der Waals surface area contributed by atoms with Gasteiger partial charge < -0.3 is 15.5 Å². The molecule has 1 saturated heterocycles. The highest BCUT2D eigenvalue weighted by molar-refractivity contribution is 7.19. The van der Waals surface area contributed by atoms with Crippen molar-refractivity contribution in [2.75, 3.05) is 37.8 Å². The summed E-state index contributed by atoms with van der Waals surface area (Å²) in [5.74, 6) is 0.337. The summed E-state index contributed by atoms with van der Waals surface area (Å²) in [6, 6.07) is 16.2. The van der Waals surface area contributed by atoms with Crippen molar-refractivity contribution in [2.45, 2.75) is 19.8 Å². The molecule has 3 heterocycles. The summed E-state index contributed by atoms with van der Waals surface area (Å²) in [5, 5.41) is 16.5. The fraction of sp³-hybridized carbons (Fsp3) is 0.267. The minimum atomic E-state index is -0.150. The first kappa shape index (κ1) is 27.1. The van der Waals surface area contributed by atoms with Crippen molar-refractivity contribution in [3.8, 4) is 16.6 Å². The number of ketones is 2. The molecule has 0 bridgehead atoms. The van der Waals surface area contributed by atoms with E-state index in [2.05, 4.69) is 43.6 Å². The van der Waals surface area contributed by atoms with Gasteiger partial charge in [-0.25, -0.2) is 15.0 Å². The third-order valence-corrected chi connectivity index (χ3v) is 8.22. The standard InChI is InChI=1S/C30H29N7O2S/c1-18-28(40-30(32-2)34-18)25-23(16-31)17-33-29(36-25)35-24-6-4-5-22(15-24)27(39)20-9-7-19(8-10-20)26(38)21-11-13-37(3)14-12-21/h4-10,15,17,21H,11-14H2,1-3H3,(H,32,34)(H,33,35,36). The molecule has 1 fully saturated rings. The van der Waals surface area contributed by atoms with E-state index in [9.17, 15) is 14.9 Å². The summed E-state index contributed by atoms with van der Waals surface area (Å²) in [7, 11) is 3.86. The Morgan fingerprint density at radius 2 is 1.77 bits per heavy atom. The largest absolute Gasteiger partial charge is 0.365 e. The number of nitrogens with zero attached hydrogens (tertiary/aromatic N) is 5. The molecule has 0 amide bonds. The van der Waals surface area contributed by atoms with Gasteiger partial charge in [-0.2, -0.15) is 5.26 Å². The lowest BCUT2D eigenvalue weighted by Crippen LogP contribution is -2.33. The maximum Gasteiger partial charge on any atom is 0.227 e. The second kappa shape index (κ2) is 11.7. The molecule has 9 nitrogen and oxygen atoms in total. The molecule has 0 atom stereocenters. The van der Waals surface area contributed by atoms with E-state index in [1.807, 2.05) is 13.0 Å². The van der Waals surface area contributed by atoms with Crippen LogP contribution in [-0.4, -0.2) is 58.6 Å². The zero-order chi connectivity index (χ0) is 28.2. The van der Waals surface area contributed by atoms with Gasteiger partial charge in [0.1, 0.15) is 11.8 Å². The molecule has 202 valence electrons. The Morgan fingerprint density at radius 3 is 2.45 bits per heavy atom. The molecular weight excluding hydrogens is 522 g/mol. The number of nitrogens with one attached hydrogen (secondary N) is 2. The zero-order valence-corrected chi connectivity index (χ0v) is 23.4. The van der Waals surface area contributed by atoms with Crippen molar-refractivity contribution in [1.82, 2.24) is 19.9 Å². The van der Waals surface area contributed by atoms with E-state index in [0.29, 0.717) is 39.6 Å². The number of hydrogen-bond donors (Lipinski definition) is 2. The molecule has 0 spiro atoms. The highest BCUT2D eigenvalue weighted by Crippen LogP contribution is 2.34. The van der Waals surface area contributed by atoms with Crippen LogP contribution in [0.5, 0.6) is 0 Å². The monoisotopic (exact) mass is 551 g/mol. The number of rotatable bonds is 8. The molecule has 4 aromatic rings. The van der Waals surface area contributed by atoms with E-state index in [1.165, 1.54) is 17.5 Å². The first-order valence-corrected chi connectivity index (χ1v) is 13.8. The topological polar surface area (TPSA) is 124 Å². The number of hydrogen-bond acceptors (Lipinski definition) is 10. The van der Waals surface area contributed by atoms with E-state index in [0.717, 1.165) is 41.6 Å². The Balaban J connectivity index is 1.33. The van der Waals surface area contributed by atoms with Gasteiger partial charge in [0.25, 0.3) is 0 Å². The van der Waals surface area contributed by atoms with Gasteiger partial charge in [-0.15, -0.1) is 0 Å². The summed E-state index contributed by atoms with van der Waals surface area (Å²) in [6.45, 7) is 3.72. The van der Waals surface area contributed by atoms with Crippen LogP contribution in [0.4, 0.5) is 16.8 Å². The number of Topliss-reactive ketones (excluding diaryl/α,β-unsaturated/α-hetero) is 1. The lowest BCUT2D eigenvalue weighted by atomic mass is 9.88. The number of thiazole rings is 1. The number of benzene rings is 2. The molecule has 0 unspecified atom stereocenters. The molecule has 0 saturated carbocycles. The molecular formula is C30H29N7O2S. The van der Waals surface area contributed by atoms with Gasteiger partial charge in [0.05, 0.1) is 22.3 Å². The molecule has 2 aromatic heterocycles. The summed E-state index contributed by atoms with van der Waals surface area (Å²) < 4.78 is 0. The Morgan fingerprint density at radius 1 is 1.05 bits per heavy atom. The van der Waals surface area contributed by atoms with Crippen molar-refractivity contribution < 1.29 is 9.59 Å². The number of likely N-dealkylation sites (tertiary alicyclic amines) is 1. The number of piperidine rings is 1. The summed E-state index contributed by atoms with van der Waals surface area (Å²) >= 11 is 1.41. The first-order valence-electron chi connectivity index (χ1n) is 13.0. The molecule has 1 aliphatic heterocycles. The van der Waals surface area contributed by atoms with Crippen molar-refractivity contribution >= 4 is 39.7 Å². The van der Waals surface area contributed by atoms with E-state index >= 15 is 0 Å². The van der Waals surface area contributed by atoms with Crippen molar-refractivity contribution in [2.24, 2.45) is 5.92 Å². The highest BCUT2D eigenvalue weighted by atomic mass is 32.1. The number of nitriles is 1. The SMILES string of the molecule is CNc1nc(C)c(-c2nc(Nc3cccc(C(=O)c4ccc(C(=O)C5CCN(C)CC5)cc4)c3)ncc2C#N)s1. The number of carbonyl (C=O) groups is 2. The van der Waals surface area contributed by atoms with Crippen LogP contribution in [0.1, 0.15) is 50.4 Å². The Kier molecular flexibility index (Phi) is 7.96. The predicted octanol–water partition coefficient (Wildman–Crippen LogP) is 5.32. The number of aryl methyl sites for hydroxylation is 1. The second-order valence-electron chi connectivity index (χ2n) is 9.81. The van der Waals surface area contributed by atoms with Crippen LogP contribution in [0.25, 0.3) is 10.6 Å². The fourth-order valence-electron chi connectivity index (χ4n) is 4.75. The number of carbonyl (C=O) groups excluding carboxylic acids is 2. The minimum absolute atomic E-state index is 0.0378. The minimum Gasteiger partial charge on any atom is -0.365 e. The molecule has 0 aliphatic carbocycles. The Labute approximate surface area is 236 Å². The zero-order valence-electron chi connectivity index (χ0n) is 22.6. The summed E-state index contributed by atoms with van der Waals surface area (Å²) in [5.41, 5.74) is 3.89. The molecule has 10 heteroatoms. The fourth-order valence-corrected chi connectivity index (χ4v) is 5.67. The van der Waals surface area contributed by atoms with Gasteiger partial charge in [-0.1, -0.05) is 47.7 Å². The normalized spacial score (nSPS) is 13.9. The third-order valence-electron chi connectivity index (χ3n) is 7.04. The van der Waals surface area contributed by atoms with Gasteiger partial charge >= 0.3 is 0 Å². The van der Waals surface area contributed by atoms with E-state index in [1.54, 1.807) is 49.5 Å². The Hall–Kier alpha value is -4.46. The summed E-state index contributed by atoms with van der Waals surface area (Å²) in [4.78, 5) is 42.6. The van der Waals surface area contributed by atoms with Crippen molar-refractivity contribution in [3.63, 3.8) is 0 Å². The Bertz CT molecular complexity index is 1600. The number of aromatic nitrogens is 3.